The van der Waals surface area contributed by atoms with E-state index in [1.54, 1.807) is 0 Å². The highest BCUT2D eigenvalue weighted by atomic mass is 19.4. The first-order valence-electron chi connectivity index (χ1n) is 13.6. The lowest BCUT2D eigenvalue weighted by Gasteiger charge is -2.36. The third kappa shape index (κ3) is 6.71. The van der Waals surface area contributed by atoms with E-state index in [1.165, 1.54) is 5.92 Å². The van der Waals surface area contributed by atoms with Crippen molar-refractivity contribution in [3.8, 4) is 17.6 Å². The van der Waals surface area contributed by atoms with E-state index >= 15 is 8.78 Å². The van der Waals surface area contributed by atoms with Crippen molar-refractivity contribution in [2.45, 2.75) is 69.3 Å². The number of alkyl halides is 5. The van der Waals surface area contributed by atoms with Gasteiger partial charge in [-0.2, -0.15) is 22.0 Å². The van der Waals surface area contributed by atoms with Crippen molar-refractivity contribution in [1.29, 1.82) is 0 Å². The van der Waals surface area contributed by atoms with E-state index in [2.05, 4.69) is 4.74 Å². The van der Waals surface area contributed by atoms with Crippen LogP contribution in [-0.4, -0.2) is 18.9 Å². The minimum Gasteiger partial charge on any atom is -0.429 e. The fraction of sp³-hybridized carbons (Fsp3) is 0.419. The van der Waals surface area contributed by atoms with E-state index in [0.717, 1.165) is 44.2 Å². The Bertz CT molecular complexity index is 1550. The van der Waals surface area contributed by atoms with E-state index in [0.29, 0.717) is 43.4 Å². The van der Waals surface area contributed by atoms with Crippen molar-refractivity contribution in [3.05, 3.63) is 76.1 Å². The van der Waals surface area contributed by atoms with Crippen LogP contribution in [0.3, 0.4) is 0 Å². The monoisotopic (exact) mass is 618 g/mol. The summed E-state index contributed by atoms with van der Waals surface area (Å²) < 4.78 is 151. The van der Waals surface area contributed by atoms with Crippen LogP contribution < -0.4 is 4.74 Å². The van der Waals surface area contributed by atoms with Crippen LogP contribution in [-0.2, 0) is 10.8 Å². The summed E-state index contributed by atoms with van der Waals surface area (Å²) in [6.45, 7) is 0.708. The molecule has 43 heavy (non-hydrogen) atoms. The molecule has 12 heteroatoms. The van der Waals surface area contributed by atoms with E-state index in [9.17, 15) is 35.1 Å². The van der Waals surface area contributed by atoms with Gasteiger partial charge in [0.1, 0.15) is 34.6 Å². The molecular weight excluding hydrogens is 594 g/mol. The van der Waals surface area contributed by atoms with Gasteiger partial charge < -0.3 is 9.47 Å². The second-order valence-corrected chi connectivity index (χ2v) is 10.8. The summed E-state index contributed by atoms with van der Waals surface area (Å²) in [5.41, 5.74) is -2.91. The molecule has 1 saturated carbocycles. The topological polar surface area (TPSA) is 18.5 Å². The van der Waals surface area contributed by atoms with Crippen molar-refractivity contribution in [2.75, 3.05) is 6.61 Å². The zero-order valence-corrected chi connectivity index (χ0v) is 22.4. The molecule has 2 nitrogen and oxygen atoms in total. The van der Waals surface area contributed by atoms with Gasteiger partial charge in [0.25, 0.3) is 0 Å². The predicted octanol–water partition coefficient (Wildman–Crippen LogP) is 9.42. The molecule has 1 aliphatic carbocycles. The first kappa shape index (κ1) is 31.0. The number of benzene rings is 3. The molecular formula is C31H24F10O2. The predicted molar refractivity (Wildman–Crippen MR) is 136 cm³/mol. The Morgan fingerprint density at radius 1 is 0.744 bits per heavy atom. The number of hydrogen-bond donors (Lipinski definition) is 0. The average molecular weight is 619 g/mol. The largest absolute Gasteiger partial charge is 0.458 e. The normalized spacial score (nSPS) is 21.4. The summed E-state index contributed by atoms with van der Waals surface area (Å²) in [5.74, 6) is -7.29. The van der Waals surface area contributed by atoms with Crippen LogP contribution in [0.25, 0.3) is 10.8 Å². The molecule has 0 radical (unpaired) electrons. The molecule has 1 atom stereocenters. The Hall–Kier alpha value is -3.46. The van der Waals surface area contributed by atoms with Crippen LogP contribution >= 0.6 is 0 Å². The Morgan fingerprint density at radius 2 is 1.42 bits per heavy atom. The molecule has 0 bridgehead atoms. The van der Waals surface area contributed by atoms with Gasteiger partial charge in [0.15, 0.2) is 5.82 Å². The fourth-order valence-electron chi connectivity index (χ4n) is 5.96. The Kier molecular flexibility index (Phi) is 8.58. The molecule has 0 aromatic heterocycles. The lowest BCUT2D eigenvalue weighted by Crippen LogP contribution is -2.31. The molecule has 0 spiro atoms. The SMILES string of the molecule is Fc1cc2cc(OC(F)(F)c3c(F)cc(C4CCC(C5CCCCO5)CC4)cc3F)cc(F)c2c(F)c1C#CC(F)(F)F. The molecule has 1 saturated heterocycles. The summed E-state index contributed by atoms with van der Waals surface area (Å²) in [5, 5.41) is -1.75. The van der Waals surface area contributed by atoms with E-state index in [1.807, 2.05) is 0 Å². The quantitative estimate of drug-likeness (QED) is 0.210. The van der Waals surface area contributed by atoms with Crippen molar-refractivity contribution in [2.24, 2.45) is 5.92 Å². The number of rotatable bonds is 5. The Balaban J connectivity index is 1.37. The highest BCUT2D eigenvalue weighted by Crippen LogP contribution is 2.42. The Labute approximate surface area is 240 Å². The van der Waals surface area contributed by atoms with E-state index in [-0.39, 0.29) is 23.7 Å². The van der Waals surface area contributed by atoms with Crippen LogP contribution in [0, 0.1) is 46.8 Å². The lowest BCUT2D eigenvalue weighted by molar-refractivity contribution is -0.189. The summed E-state index contributed by atoms with van der Waals surface area (Å²) in [6, 6.07) is 2.78. The maximum atomic E-state index is 15.0. The van der Waals surface area contributed by atoms with E-state index < -0.39 is 69.0 Å². The molecule has 3 aromatic rings. The van der Waals surface area contributed by atoms with Crippen LogP contribution in [0.5, 0.6) is 5.75 Å². The summed E-state index contributed by atoms with van der Waals surface area (Å²) in [4.78, 5) is 0. The van der Waals surface area contributed by atoms with Crippen molar-refractivity contribution in [3.63, 3.8) is 0 Å². The number of halogens is 10. The molecule has 5 rings (SSSR count). The number of hydrogen-bond acceptors (Lipinski definition) is 2. The maximum absolute atomic E-state index is 15.0. The van der Waals surface area contributed by atoms with Crippen molar-refractivity contribution >= 4 is 10.8 Å². The molecule has 1 aliphatic heterocycles. The summed E-state index contributed by atoms with van der Waals surface area (Å²) >= 11 is 0. The highest BCUT2D eigenvalue weighted by Gasteiger charge is 2.42. The lowest BCUT2D eigenvalue weighted by atomic mass is 9.75. The van der Waals surface area contributed by atoms with Gasteiger partial charge in [0, 0.05) is 18.6 Å². The zero-order chi connectivity index (χ0) is 31.1. The Morgan fingerprint density at radius 3 is 2.02 bits per heavy atom. The van der Waals surface area contributed by atoms with Crippen LogP contribution in [0.4, 0.5) is 43.9 Å². The second-order valence-electron chi connectivity index (χ2n) is 10.8. The molecule has 230 valence electrons. The van der Waals surface area contributed by atoms with Gasteiger partial charge in [-0.25, -0.2) is 22.0 Å². The van der Waals surface area contributed by atoms with Gasteiger partial charge in [-0.1, -0.05) is 5.92 Å². The zero-order valence-electron chi connectivity index (χ0n) is 22.4. The average Bonchev–Trinajstić information content (AvgIpc) is 2.91. The maximum Gasteiger partial charge on any atom is 0.458 e. The molecule has 2 aliphatic rings. The highest BCUT2D eigenvalue weighted by molar-refractivity contribution is 5.87. The third-order valence-electron chi connectivity index (χ3n) is 7.97. The van der Waals surface area contributed by atoms with Gasteiger partial charge in [-0.05, 0) is 92.0 Å². The molecule has 1 heterocycles. The number of ether oxygens (including phenoxy) is 2. The minimum atomic E-state index is -5.10. The van der Waals surface area contributed by atoms with Crippen LogP contribution in [0.15, 0.2) is 30.3 Å². The minimum absolute atomic E-state index is 0.152. The standard InChI is InChI=1S/C31H24F10O2/c32-22-14-19-11-20(15-23(33)27(19)29(36)21(22)8-9-30(37,38)39)43-31(40,41)28-24(34)12-18(13-25(28)35)16-4-6-17(7-5-16)26-3-1-2-10-42-26/h11-17,26H,1-7,10H2. The molecule has 3 aromatic carbocycles. The third-order valence-corrected chi connectivity index (χ3v) is 7.97. The summed E-state index contributed by atoms with van der Waals surface area (Å²) in [6.07, 6.45) is -3.83. The van der Waals surface area contributed by atoms with Gasteiger partial charge in [0.05, 0.1) is 17.1 Å². The van der Waals surface area contributed by atoms with Crippen LogP contribution in [0.1, 0.15) is 67.6 Å². The van der Waals surface area contributed by atoms with Crippen molar-refractivity contribution in [1.82, 2.24) is 0 Å². The summed E-state index contributed by atoms with van der Waals surface area (Å²) in [7, 11) is 0. The molecule has 2 fully saturated rings. The molecule has 0 amide bonds. The van der Waals surface area contributed by atoms with Gasteiger partial charge in [-0.3, -0.25) is 0 Å². The fourth-order valence-corrected chi connectivity index (χ4v) is 5.96. The first-order chi connectivity index (χ1) is 20.2. The smallest absolute Gasteiger partial charge is 0.429 e. The van der Waals surface area contributed by atoms with Gasteiger partial charge in [-0.15, -0.1) is 0 Å². The van der Waals surface area contributed by atoms with Crippen molar-refractivity contribution < 1.29 is 53.4 Å². The van der Waals surface area contributed by atoms with E-state index in [4.69, 9.17) is 4.74 Å². The van der Waals surface area contributed by atoms with Gasteiger partial charge >= 0.3 is 12.3 Å². The molecule has 1 unspecified atom stereocenters. The first-order valence-corrected chi connectivity index (χ1v) is 13.6. The van der Waals surface area contributed by atoms with Gasteiger partial charge in [0.2, 0.25) is 0 Å². The second kappa shape index (κ2) is 11.9. The van der Waals surface area contributed by atoms with Crippen LogP contribution in [0.2, 0.25) is 0 Å². The number of fused-ring (bicyclic) bond motifs is 1. The molecule has 0 N–H and O–H groups in total.